The smallest absolute Gasteiger partial charge is 0.146 e. The first kappa shape index (κ1) is 12.8. The van der Waals surface area contributed by atoms with Gasteiger partial charge in [0.15, 0.2) is 0 Å². The summed E-state index contributed by atoms with van der Waals surface area (Å²) in [6.07, 6.45) is 1.77. The molecule has 0 amide bonds. The van der Waals surface area contributed by atoms with Gasteiger partial charge in [-0.1, -0.05) is 0 Å². The minimum absolute atomic E-state index is 0.751. The van der Waals surface area contributed by atoms with Crippen LogP contribution >= 0.6 is 0 Å². The lowest BCUT2D eigenvalue weighted by molar-refractivity contribution is 0.610. The molecule has 98 valence electrons. The van der Waals surface area contributed by atoms with Crippen LogP contribution in [0.15, 0.2) is 12.4 Å². The van der Waals surface area contributed by atoms with Crippen molar-refractivity contribution in [2.75, 3.05) is 0 Å². The third kappa shape index (κ3) is 2.46. The van der Waals surface area contributed by atoms with Crippen LogP contribution in [0, 0.1) is 13.8 Å². The van der Waals surface area contributed by atoms with Crippen molar-refractivity contribution in [1.82, 2.24) is 24.6 Å². The van der Waals surface area contributed by atoms with E-state index in [0.29, 0.717) is 0 Å². The Balaban J connectivity index is 1.94. The summed E-state index contributed by atoms with van der Waals surface area (Å²) < 4.78 is 4.27. The number of hydrogen-bond donors (Lipinski definition) is 1. The number of nitrogens with zero attached hydrogens (tertiary/aromatic N) is 4. The van der Waals surface area contributed by atoms with Crippen LogP contribution in [-0.2, 0) is 26.7 Å². The Hall–Kier alpha value is -1.62. The highest BCUT2D eigenvalue weighted by Gasteiger charge is 2.06. The van der Waals surface area contributed by atoms with Gasteiger partial charge in [0.1, 0.15) is 12.2 Å². The Labute approximate surface area is 108 Å². The van der Waals surface area contributed by atoms with Crippen LogP contribution in [0.1, 0.15) is 29.7 Å². The van der Waals surface area contributed by atoms with Crippen molar-refractivity contribution in [1.29, 1.82) is 0 Å². The third-order valence-corrected chi connectivity index (χ3v) is 3.51. The van der Waals surface area contributed by atoms with Gasteiger partial charge in [-0.3, -0.25) is 0 Å². The molecule has 1 N–H and O–H groups in total. The summed E-state index contributed by atoms with van der Waals surface area (Å²) in [5, 5.41) is 11.5. The van der Waals surface area contributed by atoms with Gasteiger partial charge in [-0.2, -0.15) is 0 Å². The van der Waals surface area contributed by atoms with Gasteiger partial charge in [-0.05, 0) is 32.4 Å². The van der Waals surface area contributed by atoms with Crippen LogP contribution in [0.25, 0.3) is 0 Å². The predicted molar refractivity (Wildman–Crippen MR) is 71.1 cm³/mol. The van der Waals surface area contributed by atoms with Crippen LogP contribution in [-0.4, -0.2) is 19.3 Å². The topological polar surface area (TPSA) is 47.7 Å². The van der Waals surface area contributed by atoms with Crippen LogP contribution in [0.2, 0.25) is 0 Å². The van der Waals surface area contributed by atoms with Crippen LogP contribution in [0.4, 0.5) is 0 Å². The lowest BCUT2D eigenvalue weighted by Crippen LogP contribution is -2.16. The van der Waals surface area contributed by atoms with Crippen LogP contribution < -0.4 is 5.32 Å². The molecule has 0 saturated heterocycles. The molecule has 2 rings (SSSR count). The van der Waals surface area contributed by atoms with E-state index >= 15 is 0 Å². The largest absolute Gasteiger partial charge is 0.352 e. The maximum atomic E-state index is 4.11. The second-order valence-corrected chi connectivity index (χ2v) is 4.59. The van der Waals surface area contributed by atoms with E-state index in [2.05, 4.69) is 58.5 Å². The number of nitrogens with one attached hydrogen (secondary N) is 1. The molecule has 2 aromatic heterocycles. The molecule has 0 spiro atoms. The fourth-order valence-electron chi connectivity index (χ4n) is 2.10. The van der Waals surface area contributed by atoms with Gasteiger partial charge in [0.2, 0.25) is 0 Å². The van der Waals surface area contributed by atoms with Crippen molar-refractivity contribution in [2.45, 2.75) is 40.4 Å². The molecule has 0 aliphatic heterocycles. The zero-order chi connectivity index (χ0) is 13.1. The molecule has 0 saturated carbocycles. The summed E-state index contributed by atoms with van der Waals surface area (Å²) in [5.41, 5.74) is 3.95. The standard InChI is InChI=1S/C13H21N5/c1-5-18-9-15-16-13(18)8-14-7-12-6-10(2)17(4)11(12)3/h6,9,14H,5,7-8H2,1-4H3. The fraction of sp³-hybridized carbons (Fsp3) is 0.538. The molecule has 18 heavy (non-hydrogen) atoms. The first-order valence-electron chi connectivity index (χ1n) is 6.32. The summed E-state index contributed by atoms with van der Waals surface area (Å²) in [6.45, 7) is 8.90. The molecule has 5 heteroatoms. The fourth-order valence-corrected chi connectivity index (χ4v) is 2.10. The molecule has 0 aliphatic carbocycles. The predicted octanol–water partition coefficient (Wildman–Crippen LogP) is 1.54. The lowest BCUT2D eigenvalue weighted by Gasteiger charge is -2.06. The minimum Gasteiger partial charge on any atom is -0.352 e. The second kappa shape index (κ2) is 5.35. The van der Waals surface area contributed by atoms with Crippen molar-refractivity contribution >= 4 is 0 Å². The van der Waals surface area contributed by atoms with E-state index in [4.69, 9.17) is 0 Å². The number of hydrogen-bond acceptors (Lipinski definition) is 3. The second-order valence-electron chi connectivity index (χ2n) is 4.59. The molecule has 2 aromatic rings. The van der Waals surface area contributed by atoms with Crippen LogP contribution in [0.5, 0.6) is 0 Å². The molecule has 0 unspecified atom stereocenters. The summed E-state index contributed by atoms with van der Waals surface area (Å²) in [4.78, 5) is 0. The van der Waals surface area contributed by atoms with Gasteiger partial charge in [-0.25, -0.2) is 0 Å². The van der Waals surface area contributed by atoms with Gasteiger partial charge >= 0.3 is 0 Å². The molecule has 2 heterocycles. The monoisotopic (exact) mass is 247 g/mol. The molecule has 0 bridgehead atoms. The Bertz CT molecular complexity index is 523. The lowest BCUT2D eigenvalue weighted by atomic mass is 10.2. The summed E-state index contributed by atoms with van der Waals surface area (Å²) in [6, 6.07) is 2.23. The van der Waals surface area contributed by atoms with Gasteiger partial charge in [0, 0.05) is 31.5 Å². The summed E-state index contributed by atoms with van der Waals surface area (Å²) in [5.74, 6) is 0.989. The molecule has 0 fully saturated rings. The third-order valence-electron chi connectivity index (χ3n) is 3.51. The number of rotatable bonds is 5. The molecular formula is C13H21N5. The summed E-state index contributed by atoms with van der Waals surface area (Å²) >= 11 is 0. The Morgan fingerprint density at radius 1 is 1.28 bits per heavy atom. The molecule has 5 nitrogen and oxygen atoms in total. The average Bonchev–Trinajstić information content (AvgIpc) is 2.91. The maximum Gasteiger partial charge on any atom is 0.146 e. The molecular weight excluding hydrogens is 226 g/mol. The highest BCUT2D eigenvalue weighted by molar-refractivity contribution is 5.26. The van der Waals surface area contributed by atoms with Crippen molar-refractivity contribution in [2.24, 2.45) is 7.05 Å². The first-order valence-corrected chi connectivity index (χ1v) is 6.32. The Morgan fingerprint density at radius 2 is 2.06 bits per heavy atom. The van der Waals surface area contributed by atoms with Gasteiger partial charge in [0.25, 0.3) is 0 Å². The van der Waals surface area contributed by atoms with Gasteiger partial charge in [0.05, 0.1) is 6.54 Å². The Morgan fingerprint density at radius 3 is 2.67 bits per heavy atom. The van der Waals surface area contributed by atoms with Gasteiger partial charge in [-0.15, -0.1) is 10.2 Å². The highest BCUT2D eigenvalue weighted by Crippen LogP contribution is 2.12. The normalized spacial score (nSPS) is 11.1. The van der Waals surface area contributed by atoms with Crippen molar-refractivity contribution in [3.63, 3.8) is 0 Å². The molecule has 0 atom stereocenters. The van der Waals surface area contributed by atoms with Crippen molar-refractivity contribution in [3.05, 3.63) is 35.2 Å². The van der Waals surface area contributed by atoms with E-state index in [9.17, 15) is 0 Å². The van der Waals surface area contributed by atoms with E-state index in [-0.39, 0.29) is 0 Å². The summed E-state index contributed by atoms with van der Waals surface area (Å²) in [7, 11) is 2.10. The maximum absolute atomic E-state index is 4.11. The molecule has 0 aliphatic rings. The SMILES string of the molecule is CCn1cnnc1CNCc1cc(C)n(C)c1C. The highest BCUT2D eigenvalue weighted by atomic mass is 15.3. The zero-order valence-corrected chi connectivity index (χ0v) is 11.6. The number of aryl methyl sites for hydroxylation is 2. The molecule has 0 radical (unpaired) electrons. The van der Waals surface area contributed by atoms with E-state index in [1.54, 1.807) is 6.33 Å². The number of aromatic nitrogens is 4. The van der Waals surface area contributed by atoms with Crippen molar-refractivity contribution in [3.8, 4) is 0 Å². The van der Waals surface area contributed by atoms with Gasteiger partial charge < -0.3 is 14.5 Å². The Kier molecular flexibility index (Phi) is 3.81. The average molecular weight is 247 g/mol. The molecule has 0 aromatic carbocycles. The minimum atomic E-state index is 0.751. The van der Waals surface area contributed by atoms with E-state index in [1.165, 1.54) is 17.0 Å². The van der Waals surface area contributed by atoms with E-state index < -0.39 is 0 Å². The quantitative estimate of drug-likeness (QED) is 0.872. The van der Waals surface area contributed by atoms with Crippen molar-refractivity contribution < 1.29 is 0 Å². The zero-order valence-electron chi connectivity index (χ0n) is 11.6. The first-order chi connectivity index (χ1) is 8.63. The van der Waals surface area contributed by atoms with E-state index in [0.717, 1.165) is 25.5 Å². The van der Waals surface area contributed by atoms with Crippen LogP contribution in [0.3, 0.4) is 0 Å². The van der Waals surface area contributed by atoms with E-state index in [1.807, 2.05) is 0 Å².